The Balaban J connectivity index is 1.04. The van der Waals surface area contributed by atoms with E-state index in [4.69, 9.17) is 4.98 Å². The van der Waals surface area contributed by atoms with E-state index in [0.29, 0.717) is 0 Å². The fourth-order valence-corrected chi connectivity index (χ4v) is 16.3. The topological polar surface area (TPSA) is 84.6 Å². The summed E-state index contributed by atoms with van der Waals surface area (Å²) in [6.45, 7) is 7.89. The first-order chi connectivity index (χ1) is 37.6. The molecule has 8 aromatic carbocycles. The smallest absolute Gasteiger partial charge is 0.264 e. The Hall–Kier alpha value is -7.85. The standard InChI is InChI=1S/C66H58N8O2/c75-65-43-35-51(71-29-13-3-14-30-71)59-39-23-24-40-54-38(22-21-37(53(39)54)57-49(69-25-9-1-10-26-69)33-41(55(43)61(57)59)63-67-45-17-5-7-19-47(45)73(63)65)58-50(70-27-11-2-12-28-70)34-42-56-44(36-52(60(40)62(56)58)72-31-15-4-16-32-72)66(76)74-48-20-8-6-18-46(48)68-64(42)74/h5-8,17-24,33-36,57,67H,1-4,9-16,25-32H2. The summed E-state index contributed by atoms with van der Waals surface area (Å²) in [5.41, 5.74) is 16.7. The summed E-state index contributed by atoms with van der Waals surface area (Å²) in [6, 6.07) is 33.5. The van der Waals surface area contributed by atoms with Gasteiger partial charge in [0.2, 0.25) is 0 Å². The summed E-state index contributed by atoms with van der Waals surface area (Å²) in [5.74, 6) is -0.0682. The van der Waals surface area contributed by atoms with Gasteiger partial charge in [0.05, 0.1) is 38.8 Å². The number of benzene rings is 8. The number of H-pyrrole nitrogens is 1. The van der Waals surface area contributed by atoms with Gasteiger partial charge in [-0.3, -0.25) is 18.4 Å². The van der Waals surface area contributed by atoms with Crippen molar-refractivity contribution in [1.29, 1.82) is 0 Å². The maximum absolute atomic E-state index is 15.5. The molecule has 4 aromatic heterocycles. The third-order valence-electron chi connectivity index (χ3n) is 19.5. The van der Waals surface area contributed by atoms with Gasteiger partial charge in [0, 0.05) is 119 Å². The highest BCUT2D eigenvalue weighted by Crippen LogP contribution is 2.61. The van der Waals surface area contributed by atoms with Crippen molar-refractivity contribution in [2.75, 3.05) is 67.1 Å². The van der Waals surface area contributed by atoms with Gasteiger partial charge in [-0.15, -0.1) is 0 Å². The average Bonchev–Trinajstić information content (AvgIpc) is 3.68. The van der Waals surface area contributed by atoms with Crippen LogP contribution in [-0.4, -0.2) is 76.0 Å². The zero-order valence-electron chi connectivity index (χ0n) is 42.9. The van der Waals surface area contributed by atoms with Crippen LogP contribution in [0, 0.1) is 0 Å². The van der Waals surface area contributed by atoms with Crippen molar-refractivity contribution in [3.8, 4) is 11.1 Å². The molecule has 6 aliphatic rings. The number of aromatic nitrogens is 4. The van der Waals surface area contributed by atoms with Gasteiger partial charge in [0.25, 0.3) is 11.1 Å². The van der Waals surface area contributed by atoms with Crippen LogP contribution in [0.3, 0.4) is 0 Å². The highest BCUT2D eigenvalue weighted by atomic mass is 16.1. The number of nitrogens with one attached hydrogen (secondary N) is 1. The molecule has 1 unspecified atom stereocenters. The third-order valence-corrected chi connectivity index (χ3v) is 19.5. The maximum Gasteiger partial charge on any atom is 0.264 e. The minimum absolute atomic E-state index is 0.0147. The average molecular weight is 995 g/mol. The second-order valence-electron chi connectivity index (χ2n) is 23.4. The summed E-state index contributed by atoms with van der Waals surface area (Å²) in [4.78, 5) is 50.8. The fourth-order valence-electron chi connectivity index (χ4n) is 16.3. The Morgan fingerprint density at radius 1 is 0.461 bits per heavy atom. The second kappa shape index (κ2) is 15.4. The molecule has 8 heterocycles. The monoisotopic (exact) mass is 994 g/mol. The van der Waals surface area contributed by atoms with Crippen molar-refractivity contribution in [3.63, 3.8) is 0 Å². The SMILES string of the molecule is O=c1c2cc(N3CCCCC3)c3c4c2c(c2[nH]c5ccccc5n12)C=C(N1CCCCC1)C4c1ccc2c4c(N5CCCCC5)cc5c6c(cc(N7CCCCC7)c(c7ccc-3c1c72)c46)c(=O)n1c2ccccc2nc51. The summed E-state index contributed by atoms with van der Waals surface area (Å²) < 4.78 is 3.89. The van der Waals surface area contributed by atoms with Gasteiger partial charge < -0.3 is 24.6 Å². The molecule has 0 radical (unpaired) electrons. The van der Waals surface area contributed by atoms with Crippen molar-refractivity contribution in [1.82, 2.24) is 23.7 Å². The largest absolute Gasteiger partial charge is 0.374 e. The van der Waals surface area contributed by atoms with Crippen LogP contribution in [-0.2, 0) is 0 Å². The van der Waals surface area contributed by atoms with Gasteiger partial charge in [-0.2, -0.15) is 0 Å². The molecule has 10 nitrogen and oxygen atoms in total. The van der Waals surface area contributed by atoms with Gasteiger partial charge in [-0.25, -0.2) is 4.98 Å². The molecule has 4 fully saturated rings. The number of imidazole rings is 2. The zero-order valence-corrected chi connectivity index (χ0v) is 42.9. The number of fused-ring (bicyclic) bond motifs is 12. The first-order valence-corrected chi connectivity index (χ1v) is 28.8. The quantitative estimate of drug-likeness (QED) is 0.139. The normalized spacial score (nSPS) is 19.3. The van der Waals surface area contributed by atoms with Gasteiger partial charge in [0.15, 0.2) is 0 Å². The molecular formula is C66H58N8O2. The molecule has 0 bridgehead atoms. The molecule has 1 N–H and O–H groups in total. The number of allylic oxidation sites excluding steroid dienone is 1. The number of rotatable bonds is 4. The van der Waals surface area contributed by atoms with Gasteiger partial charge in [0.1, 0.15) is 11.3 Å². The number of nitrogens with zero attached hydrogens (tertiary/aromatic N) is 7. The van der Waals surface area contributed by atoms with Crippen LogP contribution in [0.2, 0.25) is 0 Å². The Bertz CT molecular complexity index is 4670. The van der Waals surface area contributed by atoms with E-state index in [-0.39, 0.29) is 17.0 Å². The Kier molecular flexibility index (Phi) is 8.59. The van der Waals surface area contributed by atoms with E-state index in [1.165, 1.54) is 121 Å². The molecule has 374 valence electrons. The molecule has 76 heavy (non-hydrogen) atoms. The summed E-state index contributed by atoms with van der Waals surface area (Å²) >= 11 is 0. The second-order valence-corrected chi connectivity index (χ2v) is 23.4. The van der Waals surface area contributed by atoms with E-state index in [0.717, 1.165) is 157 Å². The zero-order chi connectivity index (χ0) is 49.7. The van der Waals surface area contributed by atoms with Gasteiger partial charge >= 0.3 is 0 Å². The lowest BCUT2D eigenvalue weighted by atomic mass is 9.68. The third kappa shape index (κ3) is 5.39. The predicted octanol–water partition coefficient (Wildman–Crippen LogP) is 13.7. The maximum atomic E-state index is 15.5. The van der Waals surface area contributed by atoms with Crippen LogP contribution in [0.25, 0.3) is 115 Å². The summed E-state index contributed by atoms with van der Waals surface area (Å²) in [5, 5.41) is 13.8. The minimum Gasteiger partial charge on any atom is -0.374 e. The molecule has 18 rings (SSSR count). The predicted molar refractivity (Wildman–Crippen MR) is 314 cm³/mol. The molecule has 4 aliphatic heterocycles. The summed E-state index contributed by atoms with van der Waals surface area (Å²) in [7, 11) is 0. The minimum atomic E-state index is -0.0682. The molecule has 0 amide bonds. The van der Waals surface area contributed by atoms with Crippen molar-refractivity contribution in [3.05, 3.63) is 134 Å². The van der Waals surface area contributed by atoms with Crippen LogP contribution >= 0.6 is 0 Å². The lowest BCUT2D eigenvalue weighted by molar-refractivity contribution is 0.276. The van der Waals surface area contributed by atoms with Crippen molar-refractivity contribution < 1.29 is 0 Å². The van der Waals surface area contributed by atoms with Crippen LogP contribution in [0.5, 0.6) is 0 Å². The Morgan fingerprint density at radius 2 is 1.01 bits per heavy atom. The highest BCUT2D eigenvalue weighted by molar-refractivity contribution is 6.43. The summed E-state index contributed by atoms with van der Waals surface area (Å²) in [6.07, 6.45) is 16.6. The molecule has 0 spiro atoms. The molecule has 12 aromatic rings. The first-order valence-electron chi connectivity index (χ1n) is 28.8. The number of hydrogen-bond acceptors (Lipinski definition) is 7. The van der Waals surface area contributed by atoms with E-state index < -0.39 is 0 Å². The van der Waals surface area contributed by atoms with E-state index >= 15 is 9.59 Å². The number of para-hydroxylation sites is 4. The lowest BCUT2D eigenvalue weighted by Crippen LogP contribution is -2.35. The van der Waals surface area contributed by atoms with Crippen molar-refractivity contribution >= 4 is 121 Å². The van der Waals surface area contributed by atoms with Crippen LogP contribution in [0.15, 0.2) is 106 Å². The van der Waals surface area contributed by atoms with E-state index in [1.807, 2.05) is 20.9 Å². The Morgan fingerprint density at radius 3 is 1.71 bits per heavy atom. The molecule has 10 heteroatoms. The molecule has 4 saturated heterocycles. The molecule has 0 saturated carbocycles. The number of hydrogen-bond donors (Lipinski definition) is 1. The van der Waals surface area contributed by atoms with Crippen LogP contribution in [0.1, 0.15) is 99.7 Å². The number of likely N-dealkylation sites (tertiary alicyclic amines) is 1. The lowest BCUT2D eigenvalue weighted by Gasteiger charge is -2.43. The van der Waals surface area contributed by atoms with E-state index in [2.05, 4.69) is 110 Å². The number of pyridine rings is 2. The number of aromatic amines is 1. The van der Waals surface area contributed by atoms with Gasteiger partial charge in [-0.1, -0.05) is 48.5 Å². The van der Waals surface area contributed by atoms with Crippen molar-refractivity contribution in [2.45, 2.75) is 83.0 Å². The first kappa shape index (κ1) is 42.4. The Labute approximate surface area is 438 Å². The fraction of sp³-hybridized carbons (Fsp3) is 0.318. The molecule has 2 aliphatic carbocycles. The highest BCUT2D eigenvalue weighted by Gasteiger charge is 2.42. The molecular weight excluding hydrogens is 937 g/mol. The van der Waals surface area contributed by atoms with Crippen molar-refractivity contribution in [2.24, 2.45) is 0 Å². The van der Waals surface area contributed by atoms with Crippen LogP contribution < -0.4 is 25.8 Å². The number of anilines is 3. The van der Waals surface area contributed by atoms with E-state index in [1.54, 1.807) is 0 Å². The number of piperidine rings is 4. The van der Waals surface area contributed by atoms with E-state index in [9.17, 15) is 0 Å². The van der Waals surface area contributed by atoms with Gasteiger partial charge in [-0.05, 0) is 164 Å². The van der Waals surface area contributed by atoms with Crippen LogP contribution in [0.4, 0.5) is 17.1 Å². The molecule has 1 atom stereocenters.